The van der Waals surface area contributed by atoms with E-state index in [1.807, 2.05) is 42.5 Å². The van der Waals surface area contributed by atoms with Crippen molar-refractivity contribution in [2.75, 3.05) is 13.2 Å². The zero-order valence-corrected chi connectivity index (χ0v) is 13.1. The van der Waals surface area contributed by atoms with Crippen LogP contribution in [0.1, 0.15) is 22.3 Å². The van der Waals surface area contributed by atoms with Crippen LogP contribution in [0.25, 0.3) is 0 Å². The van der Waals surface area contributed by atoms with Crippen LogP contribution in [-0.2, 0) is 28.0 Å². The van der Waals surface area contributed by atoms with Gasteiger partial charge in [-0.05, 0) is 22.3 Å². The Morgan fingerprint density at radius 1 is 0.870 bits per heavy atom. The Hall–Kier alpha value is -1.72. The van der Waals surface area contributed by atoms with E-state index >= 15 is 0 Å². The zero-order valence-electron chi connectivity index (χ0n) is 13.1. The molecule has 0 radical (unpaired) electrons. The molecule has 2 heterocycles. The number of benzene rings is 2. The summed E-state index contributed by atoms with van der Waals surface area (Å²) in [5, 5.41) is 0. The van der Waals surface area contributed by atoms with Crippen LogP contribution in [0, 0.1) is 0 Å². The van der Waals surface area contributed by atoms with E-state index in [1.165, 1.54) is 11.1 Å². The van der Waals surface area contributed by atoms with Crippen molar-refractivity contribution in [3.63, 3.8) is 0 Å². The van der Waals surface area contributed by atoms with E-state index < -0.39 is 5.66 Å². The van der Waals surface area contributed by atoms with Crippen LogP contribution in [0.3, 0.4) is 0 Å². The Kier molecular flexibility index (Phi) is 3.70. The third-order valence-corrected chi connectivity index (χ3v) is 4.65. The molecule has 4 nitrogen and oxygen atoms in total. The summed E-state index contributed by atoms with van der Waals surface area (Å²) in [6.45, 7) is 1.67. The van der Waals surface area contributed by atoms with Gasteiger partial charge in [0.05, 0.1) is 25.4 Å². The van der Waals surface area contributed by atoms with Gasteiger partial charge in [0.15, 0.2) is 0 Å². The number of epoxide rings is 2. The molecular formula is C19H22N2O2. The van der Waals surface area contributed by atoms with Crippen molar-refractivity contribution in [3.8, 4) is 0 Å². The van der Waals surface area contributed by atoms with Crippen molar-refractivity contribution in [2.45, 2.75) is 30.7 Å². The van der Waals surface area contributed by atoms with E-state index in [1.54, 1.807) is 0 Å². The molecular weight excluding hydrogens is 288 g/mol. The molecule has 4 N–H and O–H groups in total. The van der Waals surface area contributed by atoms with Gasteiger partial charge in [0, 0.05) is 12.8 Å². The van der Waals surface area contributed by atoms with Crippen LogP contribution >= 0.6 is 0 Å². The van der Waals surface area contributed by atoms with Crippen LogP contribution in [0.5, 0.6) is 0 Å². The average molecular weight is 310 g/mol. The number of nitrogens with two attached hydrogens (primary N) is 2. The molecule has 4 heteroatoms. The van der Waals surface area contributed by atoms with Crippen molar-refractivity contribution in [2.24, 2.45) is 11.5 Å². The zero-order chi connectivity index (χ0) is 15.9. The summed E-state index contributed by atoms with van der Waals surface area (Å²) in [6.07, 6.45) is 2.41. The quantitative estimate of drug-likeness (QED) is 0.629. The normalized spacial score (nSPS) is 22.9. The lowest BCUT2D eigenvalue weighted by molar-refractivity contribution is 0.400. The van der Waals surface area contributed by atoms with Crippen LogP contribution in [-0.4, -0.2) is 25.4 Å². The molecule has 2 saturated heterocycles. The summed E-state index contributed by atoms with van der Waals surface area (Å²) in [4.78, 5) is 0. The predicted molar refractivity (Wildman–Crippen MR) is 88.9 cm³/mol. The first kappa shape index (κ1) is 14.8. The van der Waals surface area contributed by atoms with Gasteiger partial charge in [-0.2, -0.15) is 0 Å². The second kappa shape index (κ2) is 5.73. The largest absolute Gasteiger partial charge is 0.373 e. The Morgan fingerprint density at radius 3 is 2.17 bits per heavy atom. The van der Waals surface area contributed by atoms with Crippen molar-refractivity contribution in [1.29, 1.82) is 0 Å². The molecule has 2 aromatic rings. The highest BCUT2D eigenvalue weighted by Crippen LogP contribution is 2.32. The molecule has 23 heavy (non-hydrogen) atoms. The van der Waals surface area contributed by atoms with Gasteiger partial charge >= 0.3 is 0 Å². The maximum absolute atomic E-state index is 6.58. The molecule has 2 aliphatic rings. The summed E-state index contributed by atoms with van der Waals surface area (Å²) in [5.41, 5.74) is 16.5. The molecule has 2 aliphatic heterocycles. The first-order valence-electron chi connectivity index (χ1n) is 8.12. The number of ether oxygens (including phenoxy) is 2. The molecule has 2 fully saturated rings. The molecule has 120 valence electrons. The molecule has 0 aliphatic carbocycles. The minimum absolute atomic E-state index is 0.293. The molecule has 4 rings (SSSR count). The summed E-state index contributed by atoms with van der Waals surface area (Å²) in [5.74, 6) is 0. The Balaban J connectivity index is 1.76. The maximum Gasteiger partial charge on any atom is 0.117 e. The van der Waals surface area contributed by atoms with Gasteiger partial charge in [0.25, 0.3) is 0 Å². The first-order chi connectivity index (χ1) is 11.1. The van der Waals surface area contributed by atoms with Crippen LogP contribution in [0.4, 0.5) is 0 Å². The molecule has 0 saturated carbocycles. The Labute approximate surface area is 136 Å². The van der Waals surface area contributed by atoms with Crippen LogP contribution < -0.4 is 11.5 Å². The standard InChI is InChI=1S/C19H22N2O2/c20-19(21,14-6-2-1-3-7-14)18-8-4-5-13(9-15-11-22-15)17(18)10-16-12-23-16/h1-8,15-16H,9-12,20-21H2. The highest BCUT2D eigenvalue weighted by molar-refractivity contribution is 5.46. The van der Waals surface area contributed by atoms with Gasteiger partial charge in [-0.3, -0.25) is 0 Å². The summed E-state index contributed by atoms with van der Waals surface area (Å²) >= 11 is 0. The minimum atomic E-state index is -1.01. The van der Waals surface area contributed by atoms with Gasteiger partial charge in [0.2, 0.25) is 0 Å². The monoisotopic (exact) mass is 310 g/mol. The molecule has 0 spiro atoms. The smallest absolute Gasteiger partial charge is 0.117 e. The molecule has 2 aromatic carbocycles. The lowest BCUT2D eigenvalue weighted by Crippen LogP contribution is -2.48. The fourth-order valence-electron chi connectivity index (χ4n) is 3.17. The van der Waals surface area contributed by atoms with Gasteiger partial charge in [0.1, 0.15) is 5.66 Å². The van der Waals surface area contributed by atoms with Gasteiger partial charge in [-0.25, -0.2) is 0 Å². The maximum atomic E-state index is 6.58. The summed E-state index contributed by atoms with van der Waals surface area (Å²) in [7, 11) is 0. The lowest BCUT2D eigenvalue weighted by Gasteiger charge is -2.29. The summed E-state index contributed by atoms with van der Waals surface area (Å²) in [6, 6.07) is 16.1. The third kappa shape index (κ3) is 3.16. The predicted octanol–water partition coefficient (Wildman–Crippen LogP) is 1.69. The topological polar surface area (TPSA) is 77.1 Å². The van der Waals surface area contributed by atoms with Crippen molar-refractivity contribution >= 4 is 0 Å². The van der Waals surface area contributed by atoms with E-state index in [2.05, 4.69) is 6.07 Å². The van der Waals surface area contributed by atoms with Gasteiger partial charge in [-0.15, -0.1) is 0 Å². The molecule has 0 amide bonds. The number of hydrogen-bond acceptors (Lipinski definition) is 4. The van der Waals surface area contributed by atoms with E-state index in [0.29, 0.717) is 12.2 Å². The van der Waals surface area contributed by atoms with Crippen LogP contribution in [0.2, 0.25) is 0 Å². The second-order valence-electron chi connectivity index (χ2n) is 6.50. The first-order valence-corrected chi connectivity index (χ1v) is 8.12. The Bertz CT molecular complexity index is 692. The molecule has 2 unspecified atom stereocenters. The van der Waals surface area contributed by atoms with Crippen LogP contribution in [0.15, 0.2) is 48.5 Å². The average Bonchev–Trinajstić information content (AvgIpc) is 3.45. The number of hydrogen-bond donors (Lipinski definition) is 2. The highest BCUT2D eigenvalue weighted by atomic mass is 16.6. The second-order valence-corrected chi connectivity index (χ2v) is 6.50. The molecule has 0 bridgehead atoms. The van der Waals surface area contributed by atoms with Crippen molar-refractivity contribution in [3.05, 3.63) is 70.8 Å². The third-order valence-electron chi connectivity index (χ3n) is 4.65. The lowest BCUT2D eigenvalue weighted by atomic mass is 9.84. The van der Waals surface area contributed by atoms with Crippen molar-refractivity contribution in [1.82, 2.24) is 0 Å². The fourth-order valence-corrected chi connectivity index (χ4v) is 3.17. The van der Waals surface area contributed by atoms with Crippen molar-refractivity contribution < 1.29 is 9.47 Å². The minimum Gasteiger partial charge on any atom is -0.373 e. The fraction of sp³-hybridized carbons (Fsp3) is 0.368. The van der Waals surface area contributed by atoms with E-state index in [0.717, 1.165) is 37.2 Å². The van der Waals surface area contributed by atoms with E-state index in [4.69, 9.17) is 20.9 Å². The van der Waals surface area contributed by atoms with E-state index in [-0.39, 0.29) is 0 Å². The SMILES string of the molecule is NC(N)(c1ccccc1)c1cccc(CC2CO2)c1CC1CO1. The molecule has 2 atom stereocenters. The Morgan fingerprint density at radius 2 is 1.52 bits per heavy atom. The molecule has 0 aromatic heterocycles. The highest BCUT2D eigenvalue weighted by Gasteiger charge is 2.33. The summed E-state index contributed by atoms with van der Waals surface area (Å²) < 4.78 is 10.9. The van der Waals surface area contributed by atoms with Gasteiger partial charge in [-0.1, -0.05) is 48.5 Å². The van der Waals surface area contributed by atoms with E-state index in [9.17, 15) is 0 Å². The number of rotatable bonds is 6. The van der Waals surface area contributed by atoms with Gasteiger partial charge < -0.3 is 20.9 Å².